The molecule has 2 atom stereocenters. The topological polar surface area (TPSA) is 0 Å². The highest BCUT2D eigenvalue weighted by atomic mass is 14.6. The fraction of sp³-hybridized carbons (Fsp3) is 0.556. The van der Waals surface area contributed by atoms with Crippen molar-refractivity contribution in [2.45, 2.75) is 47.0 Å². The Labute approximate surface area is 111 Å². The van der Waals surface area contributed by atoms with E-state index in [4.69, 9.17) is 0 Å². The third-order valence-corrected chi connectivity index (χ3v) is 6.03. The molecule has 2 saturated carbocycles. The molecule has 0 aliphatic heterocycles. The summed E-state index contributed by atoms with van der Waals surface area (Å²) in [4.78, 5) is 0. The number of fused-ring (bicyclic) bond motifs is 2. The molecule has 2 aliphatic rings. The van der Waals surface area contributed by atoms with Crippen molar-refractivity contribution in [2.24, 2.45) is 16.7 Å². The first-order chi connectivity index (χ1) is 8.43. The number of aryl methyl sites for hydroxylation is 1. The van der Waals surface area contributed by atoms with E-state index in [0.29, 0.717) is 10.8 Å². The van der Waals surface area contributed by atoms with Gasteiger partial charge in [-0.05, 0) is 48.5 Å². The molecule has 2 fully saturated rings. The lowest BCUT2D eigenvalue weighted by atomic mass is 9.69. The van der Waals surface area contributed by atoms with Crippen LogP contribution in [-0.2, 0) is 0 Å². The van der Waals surface area contributed by atoms with Crippen molar-refractivity contribution in [3.63, 3.8) is 0 Å². The van der Waals surface area contributed by atoms with Gasteiger partial charge in [-0.2, -0.15) is 0 Å². The third kappa shape index (κ3) is 1.51. The van der Waals surface area contributed by atoms with Crippen molar-refractivity contribution < 1.29 is 0 Å². The maximum atomic E-state index is 2.49. The molecular weight excluding hydrogens is 216 g/mol. The summed E-state index contributed by atoms with van der Waals surface area (Å²) < 4.78 is 0. The van der Waals surface area contributed by atoms with E-state index < -0.39 is 0 Å². The summed E-state index contributed by atoms with van der Waals surface area (Å²) >= 11 is 0. The minimum Gasteiger partial charge on any atom is -0.0629 e. The van der Waals surface area contributed by atoms with E-state index in [2.05, 4.69) is 58.0 Å². The molecule has 0 spiro atoms. The largest absolute Gasteiger partial charge is 0.0629 e. The van der Waals surface area contributed by atoms with E-state index in [-0.39, 0.29) is 0 Å². The first-order valence-corrected chi connectivity index (χ1v) is 7.21. The monoisotopic (exact) mass is 240 g/mol. The zero-order valence-corrected chi connectivity index (χ0v) is 12.1. The number of allylic oxidation sites excluding steroid dienone is 1. The van der Waals surface area contributed by atoms with Crippen LogP contribution in [0.25, 0.3) is 6.08 Å². The lowest BCUT2D eigenvalue weighted by Gasteiger charge is -2.35. The van der Waals surface area contributed by atoms with Crippen LogP contribution in [0.2, 0.25) is 0 Å². The fourth-order valence-electron chi connectivity index (χ4n) is 4.10. The summed E-state index contributed by atoms with van der Waals surface area (Å²) in [7, 11) is 0. The second-order valence-corrected chi connectivity index (χ2v) is 7.07. The smallest absolute Gasteiger partial charge is 0.00590 e. The van der Waals surface area contributed by atoms with E-state index in [1.165, 1.54) is 30.4 Å². The Morgan fingerprint density at radius 3 is 2.28 bits per heavy atom. The van der Waals surface area contributed by atoms with E-state index in [1.807, 2.05) is 0 Å². The van der Waals surface area contributed by atoms with Gasteiger partial charge in [-0.25, -0.2) is 0 Å². The highest BCUT2D eigenvalue weighted by Gasteiger charge is 2.58. The molecule has 1 aromatic carbocycles. The number of benzene rings is 1. The molecule has 2 aliphatic carbocycles. The molecule has 96 valence electrons. The average molecular weight is 240 g/mol. The van der Waals surface area contributed by atoms with Gasteiger partial charge in [0.15, 0.2) is 0 Å². The van der Waals surface area contributed by atoms with Gasteiger partial charge in [0, 0.05) is 0 Å². The van der Waals surface area contributed by atoms with Crippen molar-refractivity contribution in [3.8, 4) is 0 Å². The molecule has 3 rings (SSSR count). The lowest BCUT2D eigenvalue weighted by molar-refractivity contribution is 0.180. The van der Waals surface area contributed by atoms with Gasteiger partial charge < -0.3 is 0 Å². The van der Waals surface area contributed by atoms with Crippen LogP contribution in [0.5, 0.6) is 0 Å². The number of hydrogen-bond donors (Lipinski definition) is 0. The van der Waals surface area contributed by atoms with Gasteiger partial charge >= 0.3 is 0 Å². The van der Waals surface area contributed by atoms with Gasteiger partial charge in [-0.3, -0.25) is 0 Å². The van der Waals surface area contributed by atoms with Crippen molar-refractivity contribution in [3.05, 3.63) is 41.0 Å². The standard InChI is InChI=1S/C18H24/c1-13-5-7-14(8-6-13)11-16-12-15-9-10-18(16,4)17(15,2)3/h5-8,11,15H,9-10,12H2,1-4H3/b16-11-. The van der Waals surface area contributed by atoms with Crippen LogP contribution in [0.1, 0.15) is 51.2 Å². The van der Waals surface area contributed by atoms with Gasteiger partial charge in [0.2, 0.25) is 0 Å². The SMILES string of the molecule is Cc1ccc(/C=C2/CC3CCC2(C)C3(C)C)cc1. The summed E-state index contributed by atoms with van der Waals surface area (Å²) in [6.07, 6.45) is 6.58. The summed E-state index contributed by atoms with van der Waals surface area (Å²) in [5.41, 5.74) is 5.33. The maximum absolute atomic E-state index is 2.49. The van der Waals surface area contributed by atoms with Crippen molar-refractivity contribution >= 4 is 6.08 Å². The van der Waals surface area contributed by atoms with Crippen LogP contribution in [0.3, 0.4) is 0 Å². The van der Waals surface area contributed by atoms with E-state index in [1.54, 1.807) is 5.57 Å². The first-order valence-electron chi connectivity index (χ1n) is 7.21. The summed E-state index contributed by atoms with van der Waals surface area (Å²) in [6.45, 7) is 9.58. The molecule has 18 heavy (non-hydrogen) atoms. The van der Waals surface area contributed by atoms with Gasteiger partial charge in [0.25, 0.3) is 0 Å². The zero-order valence-electron chi connectivity index (χ0n) is 12.1. The summed E-state index contributed by atoms with van der Waals surface area (Å²) in [5, 5.41) is 0. The molecule has 0 saturated heterocycles. The van der Waals surface area contributed by atoms with E-state index in [9.17, 15) is 0 Å². The van der Waals surface area contributed by atoms with Crippen molar-refractivity contribution in [1.29, 1.82) is 0 Å². The second kappa shape index (κ2) is 3.73. The van der Waals surface area contributed by atoms with Crippen LogP contribution < -0.4 is 0 Å². The third-order valence-electron chi connectivity index (χ3n) is 6.03. The van der Waals surface area contributed by atoms with E-state index in [0.717, 1.165) is 5.92 Å². The highest BCUT2D eigenvalue weighted by Crippen LogP contribution is 2.68. The molecule has 0 amide bonds. The number of hydrogen-bond acceptors (Lipinski definition) is 0. The average Bonchev–Trinajstić information content (AvgIpc) is 2.65. The Bertz CT molecular complexity index is 489. The normalized spacial score (nSPS) is 35.3. The molecule has 2 unspecified atom stereocenters. The van der Waals surface area contributed by atoms with Crippen LogP contribution in [0, 0.1) is 23.7 Å². The molecule has 0 aromatic heterocycles. The highest BCUT2D eigenvalue weighted by molar-refractivity contribution is 5.57. The molecule has 0 N–H and O–H groups in total. The Morgan fingerprint density at radius 1 is 1.11 bits per heavy atom. The Kier molecular flexibility index (Phi) is 2.49. The molecule has 1 aromatic rings. The quantitative estimate of drug-likeness (QED) is 0.631. The van der Waals surface area contributed by atoms with Gasteiger partial charge in [0.1, 0.15) is 0 Å². The predicted molar refractivity (Wildman–Crippen MR) is 78.4 cm³/mol. The molecule has 0 heterocycles. The van der Waals surface area contributed by atoms with Gasteiger partial charge in [-0.15, -0.1) is 0 Å². The first kappa shape index (κ1) is 12.0. The lowest BCUT2D eigenvalue weighted by Crippen LogP contribution is -2.27. The van der Waals surface area contributed by atoms with Crippen LogP contribution in [0.15, 0.2) is 29.8 Å². The summed E-state index contributed by atoms with van der Waals surface area (Å²) in [6, 6.07) is 8.94. The Balaban J connectivity index is 1.97. The fourth-order valence-corrected chi connectivity index (χ4v) is 4.10. The zero-order chi connectivity index (χ0) is 13.0. The minimum atomic E-state index is 0.433. The van der Waals surface area contributed by atoms with E-state index >= 15 is 0 Å². The molecule has 2 bridgehead atoms. The predicted octanol–water partition coefficient (Wildman–Crippen LogP) is 5.22. The Morgan fingerprint density at radius 2 is 1.78 bits per heavy atom. The summed E-state index contributed by atoms with van der Waals surface area (Å²) in [5.74, 6) is 0.902. The molecule has 0 nitrogen and oxygen atoms in total. The Hall–Kier alpha value is -1.04. The van der Waals surface area contributed by atoms with Crippen molar-refractivity contribution in [1.82, 2.24) is 0 Å². The number of rotatable bonds is 1. The second-order valence-electron chi connectivity index (χ2n) is 7.07. The molecule has 0 radical (unpaired) electrons. The minimum absolute atomic E-state index is 0.433. The maximum Gasteiger partial charge on any atom is -0.00590 e. The van der Waals surface area contributed by atoms with Crippen LogP contribution in [0.4, 0.5) is 0 Å². The van der Waals surface area contributed by atoms with Crippen molar-refractivity contribution in [2.75, 3.05) is 0 Å². The van der Waals surface area contributed by atoms with Crippen LogP contribution in [-0.4, -0.2) is 0 Å². The van der Waals surface area contributed by atoms with Gasteiger partial charge in [-0.1, -0.05) is 62.2 Å². The van der Waals surface area contributed by atoms with Crippen LogP contribution >= 0.6 is 0 Å². The molecular formula is C18H24. The van der Waals surface area contributed by atoms with Gasteiger partial charge in [0.05, 0.1) is 0 Å². The molecule has 0 heteroatoms.